The van der Waals surface area contributed by atoms with Crippen LogP contribution in [0.3, 0.4) is 0 Å². The highest BCUT2D eigenvalue weighted by molar-refractivity contribution is 5.82. The number of amides is 1. The molecule has 2 aromatic rings. The smallest absolute Gasteiger partial charge is 0.277 e. The van der Waals surface area contributed by atoms with Crippen LogP contribution in [0.4, 0.5) is 0 Å². The number of ether oxygens (including phenoxy) is 2. The molecule has 0 saturated carbocycles. The summed E-state index contributed by atoms with van der Waals surface area (Å²) in [5, 5.41) is 3.89. The number of hydrazone groups is 1. The van der Waals surface area contributed by atoms with Gasteiger partial charge in [0.05, 0.1) is 13.3 Å². The molecule has 0 aliphatic carbocycles. The highest BCUT2D eigenvalue weighted by Crippen LogP contribution is 2.25. The number of nitrogens with one attached hydrogen (secondary N) is 1. The number of nitrogens with zero attached hydrogens (tertiary/aromatic N) is 1. The van der Waals surface area contributed by atoms with E-state index in [0.29, 0.717) is 11.5 Å². The van der Waals surface area contributed by atoms with Gasteiger partial charge in [-0.3, -0.25) is 4.79 Å². The molecule has 0 aromatic heterocycles. The van der Waals surface area contributed by atoms with Gasteiger partial charge in [-0.25, -0.2) is 5.43 Å². The van der Waals surface area contributed by atoms with Crippen LogP contribution in [0.1, 0.15) is 11.1 Å². The molecule has 0 fully saturated rings. The molecular formula is C17H18N2O3. The summed E-state index contributed by atoms with van der Waals surface area (Å²) >= 11 is 0. The minimum Gasteiger partial charge on any atom is -0.493 e. The van der Waals surface area contributed by atoms with E-state index in [4.69, 9.17) is 9.47 Å². The van der Waals surface area contributed by atoms with E-state index in [1.807, 2.05) is 43.3 Å². The second kappa shape index (κ2) is 7.83. The molecule has 2 rings (SSSR count). The normalized spacial score (nSPS) is 10.5. The number of hydrogen-bond acceptors (Lipinski definition) is 4. The number of carbonyl (C=O) groups is 1. The summed E-state index contributed by atoms with van der Waals surface area (Å²) in [7, 11) is 1.55. The fraction of sp³-hybridized carbons (Fsp3) is 0.176. The number of hydrogen-bond donors (Lipinski definition) is 1. The summed E-state index contributed by atoms with van der Waals surface area (Å²) in [6.07, 6.45) is 1.58. The lowest BCUT2D eigenvalue weighted by Gasteiger charge is -2.09. The first-order valence-electron chi connectivity index (χ1n) is 6.83. The third-order valence-electron chi connectivity index (χ3n) is 2.91. The molecule has 22 heavy (non-hydrogen) atoms. The van der Waals surface area contributed by atoms with Gasteiger partial charge in [-0.1, -0.05) is 42.0 Å². The van der Waals surface area contributed by atoms with Crippen molar-refractivity contribution in [2.45, 2.75) is 6.92 Å². The molecule has 0 unspecified atom stereocenters. The van der Waals surface area contributed by atoms with Crippen molar-refractivity contribution >= 4 is 12.1 Å². The van der Waals surface area contributed by atoms with Crippen molar-refractivity contribution < 1.29 is 14.3 Å². The summed E-state index contributed by atoms with van der Waals surface area (Å²) in [5.41, 5.74) is 4.50. The average Bonchev–Trinajstić information content (AvgIpc) is 2.55. The number of rotatable bonds is 6. The van der Waals surface area contributed by atoms with Crippen molar-refractivity contribution in [1.29, 1.82) is 0 Å². The van der Waals surface area contributed by atoms with Gasteiger partial charge < -0.3 is 9.47 Å². The van der Waals surface area contributed by atoms with Crippen LogP contribution in [0.25, 0.3) is 0 Å². The monoisotopic (exact) mass is 298 g/mol. The number of methoxy groups -OCH3 is 1. The number of carbonyl (C=O) groups excluding carboxylic acids is 1. The molecule has 2 aromatic carbocycles. The molecule has 0 atom stereocenters. The molecule has 1 N–H and O–H groups in total. The molecule has 0 radical (unpaired) electrons. The lowest BCUT2D eigenvalue weighted by atomic mass is 10.2. The predicted octanol–water partition coefficient (Wildman–Crippen LogP) is 2.53. The van der Waals surface area contributed by atoms with Gasteiger partial charge in [0.1, 0.15) is 0 Å². The Morgan fingerprint density at radius 2 is 1.82 bits per heavy atom. The van der Waals surface area contributed by atoms with Crippen LogP contribution in [0, 0.1) is 6.92 Å². The highest BCUT2D eigenvalue weighted by atomic mass is 16.5. The van der Waals surface area contributed by atoms with Crippen molar-refractivity contribution in [3.05, 3.63) is 59.7 Å². The Morgan fingerprint density at radius 3 is 2.50 bits per heavy atom. The maximum absolute atomic E-state index is 11.7. The van der Waals surface area contributed by atoms with Gasteiger partial charge in [-0.15, -0.1) is 0 Å². The Labute approximate surface area is 129 Å². The topological polar surface area (TPSA) is 59.9 Å². The lowest BCUT2D eigenvalue weighted by Crippen LogP contribution is -2.24. The Hall–Kier alpha value is -2.82. The first-order valence-corrected chi connectivity index (χ1v) is 6.83. The largest absolute Gasteiger partial charge is 0.493 e. The van der Waals surface area contributed by atoms with E-state index in [0.717, 1.165) is 5.56 Å². The van der Waals surface area contributed by atoms with Gasteiger partial charge in [0.2, 0.25) is 0 Å². The quantitative estimate of drug-likeness (QED) is 0.658. The van der Waals surface area contributed by atoms with E-state index in [9.17, 15) is 4.79 Å². The van der Waals surface area contributed by atoms with Crippen LogP contribution in [0.5, 0.6) is 11.5 Å². The molecule has 0 spiro atoms. The Kier molecular flexibility index (Phi) is 5.54. The van der Waals surface area contributed by atoms with Crippen LogP contribution < -0.4 is 14.9 Å². The van der Waals surface area contributed by atoms with Crippen molar-refractivity contribution in [2.75, 3.05) is 13.7 Å². The predicted molar refractivity (Wildman–Crippen MR) is 85.4 cm³/mol. The molecule has 114 valence electrons. The van der Waals surface area contributed by atoms with Gasteiger partial charge in [-0.2, -0.15) is 5.10 Å². The van der Waals surface area contributed by atoms with Crippen LogP contribution in [-0.4, -0.2) is 25.8 Å². The Balaban J connectivity index is 1.82. The highest BCUT2D eigenvalue weighted by Gasteiger charge is 2.05. The molecule has 0 saturated heterocycles. The van der Waals surface area contributed by atoms with Crippen molar-refractivity contribution in [3.8, 4) is 11.5 Å². The summed E-state index contributed by atoms with van der Waals surface area (Å²) in [6, 6.07) is 15.0. The van der Waals surface area contributed by atoms with E-state index in [1.54, 1.807) is 25.5 Å². The Morgan fingerprint density at radius 1 is 1.14 bits per heavy atom. The van der Waals surface area contributed by atoms with Crippen LogP contribution >= 0.6 is 0 Å². The average molecular weight is 298 g/mol. The second-order valence-electron chi connectivity index (χ2n) is 4.64. The molecular weight excluding hydrogens is 280 g/mol. The minimum atomic E-state index is -0.339. The molecule has 0 bridgehead atoms. The lowest BCUT2D eigenvalue weighted by molar-refractivity contribution is -0.123. The van der Waals surface area contributed by atoms with E-state index >= 15 is 0 Å². The third kappa shape index (κ3) is 4.63. The van der Waals surface area contributed by atoms with E-state index < -0.39 is 0 Å². The van der Waals surface area contributed by atoms with Crippen LogP contribution in [-0.2, 0) is 4.79 Å². The third-order valence-corrected chi connectivity index (χ3v) is 2.91. The van der Waals surface area contributed by atoms with E-state index in [-0.39, 0.29) is 12.5 Å². The fourth-order valence-corrected chi connectivity index (χ4v) is 1.74. The molecule has 1 amide bonds. The van der Waals surface area contributed by atoms with Gasteiger partial charge in [0.15, 0.2) is 18.1 Å². The fourth-order valence-electron chi connectivity index (χ4n) is 1.74. The van der Waals surface area contributed by atoms with E-state index in [1.165, 1.54) is 5.56 Å². The van der Waals surface area contributed by atoms with Crippen molar-refractivity contribution in [1.82, 2.24) is 5.43 Å². The summed E-state index contributed by atoms with van der Waals surface area (Å²) in [6.45, 7) is 1.88. The standard InChI is InChI=1S/C17H18N2O3/c1-13-7-9-14(10-8-13)11-18-19-17(20)12-22-16-6-4-3-5-15(16)21-2/h3-11H,12H2,1-2H3,(H,19,20)/b18-11-. The first-order chi connectivity index (χ1) is 10.7. The molecule has 5 heteroatoms. The van der Waals surface area contributed by atoms with Crippen molar-refractivity contribution in [2.24, 2.45) is 5.10 Å². The minimum absolute atomic E-state index is 0.133. The second-order valence-corrected chi connectivity index (χ2v) is 4.64. The first kappa shape index (κ1) is 15.6. The van der Waals surface area contributed by atoms with Gasteiger partial charge in [0.25, 0.3) is 5.91 Å². The Bertz CT molecular complexity index is 651. The van der Waals surface area contributed by atoms with Gasteiger partial charge >= 0.3 is 0 Å². The number of benzene rings is 2. The maximum atomic E-state index is 11.7. The number of para-hydroxylation sites is 2. The number of aryl methyl sites for hydroxylation is 1. The molecule has 0 aliphatic heterocycles. The molecule has 5 nitrogen and oxygen atoms in total. The van der Waals surface area contributed by atoms with Crippen molar-refractivity contribution in [3.63, 3.8) is 0 Å². The zero-order valence-electron chi connectivity index (χ0n) is 12.6. The van der Waals surface area contributed by atoms with E-state index in [2.05, 4.69) is 10.5 Å². The summed E-state index contributed by atoms with van der Waals surface area (Å²) in [5.74, 6) is 0.760. The molecule has 0 aliphatic rings. The summed E-state index contributed by atoms with van der Waals surface area (Å²) in [4.78, 5) is 11.7. The zero-order valence-corrected chi connectivity index (χ0v) is 12.6. The van der Waals surface area contributed by atoms with Gasteiger partial charge in [-0.05, 0) is 24.6 Å². The van der Waals surface area contributed by atoms with Gasteiger partial charge in [0, 0.05) is 0 Å². The maximum Gasteiger partial charge on any atom is 0.277 e. The van der Waals surface area contributed by atoms with Crippen LogP contribution in [0.2, 0.25) is 0 Å². The van der Waals surface area contributed by atoms with Crippen LogP contribution in [0.15, 0.2) is 53.6 Å². The zero-order chi connectivity index (χ0) is 15.8. The SMILES string of the molecule is COc1ccccc1OCC(=O)N/N=C\c1ccc(C)cc1. The molecule has 0 heterocycles. The summed E-state index contributed by atoms with van der Waals surface area (Å²) < 4.78 is 10.5.